The van der Waals surface area contributed by atoms with E-state index in [1.807, 2.05) is 0 Å². The van der Waals surface area contributed by atoms with Crippen molar-refractivity contribution in [3.8, 4) is 0 Å². The van der Waals surface area contributed by atoms with Crippen molar-refractivity contribution in [1.29, 1.82) is 0 Å². The number of hydrogen-bond acceptors (Lipinski definition) is 1. The summed E-state index contributed by atoms with van der Waals surface area (Å²) >= 11 is 11.5. The summed E-state index contributed by atoms with van der Waals surface area (Å²) in [6, 6.07) is 5.59. The van der Waals surface area contributed by atoms with Crippen LogP contribution in [-0.2, 0) is 12.7 Å². The van der Waals surface area contributed by atoms with E-state index in [-0.39, 0.29) is 6.54 Å². The van der Waals surface area contributed by atoms with E-state index < -0.39 is 11.9 Å². The van der Waals surface area contributed by atoms with Gasteiger partial charge < -0.3 is 0 Å². The molecule has 0 amide bonds. The molecule has 0 aliphatic carbocycles. The average Bonchev–Trinajstić information content (AvgIpc) is 2.71. The van der Waals surface area contributed by atoms with Crippen molar-refractivity contribution >= 4 is 23.2 Å². The number of aromatic nitrogens is 2. The monoisotopic (exact) mass is 294 g/mol. The molecule has 96 valence electrons. The molecule has 1 heterocycles. The Hall–Kier alpha value is -1.20. The summed E-state index contributed by atoms with van der Waals surface area (Å²) in [5.41, 5.74) is -0.202. The first-order valence-corrected chi connectivity index (χ1v) is 5.66. The molecule has 2 nitrogen and oxygen atoms in total. The number of alkyl halides is 3. The van der Waals surface area contributed by atoms with Crippen molar-refractivity contribution in [1.82, 2.24) is 9.78 Å². The number of rotatable bonds is 2. The first kappa shape index (κ1) is 13.2. The van der Waals surface area contributed by atoms with Crippen molar-refractivity contribution < 1.29 is 13.2 Å². The van der Waals surface area contributed by atoms with Gasteiger partial charge in [-0.15, -0.1) is 0 Å². The lowest BCUT2D eigenvalue weighted by atomic mass is 10.2. The van der Waals surface area contributed by atoms with E-state index >= 15 is 0 Å². The van der Waals surface area contributed by atoms with Gasteiger partial charge in [-0.1, -0.05) is 29.3 Å². The highest BCUT2D eigenvalue weighted by Gasteiger charge is 2.34. The summed E-state index contributed by atoms with van der Waals surface area (Å²) in [5.74, 6) is 0. The Kier molecular flexibility index (Phi) is 3.54. The van der Waals surface area contributed by atoms with Gasteiger partial charge in [0.05, 0.1) is 16.6 Å². The first-order chi connectivity index (χ1) is 8.38. The number of halogens is 5. The zero-order valence-corrected chi connectivity index (χ0v) is 10.4. The summed E-state index contributed by atoms with van der Waals surface area (Å²) in [5, 5.41) is 4.31. The highest BCUT2D eigenvalue weighted by atomic mass is 35.5. The molecule has 0 bridgehead atoms. The maximum atomic E-state index is 12.6. The maximum Gasteiger partial charge on any atom is 0.433 e. The third-order valence-electron chi connectivity index (χ3n) is 2.32. The molecule has 1 aromatic carbocycles. The van der Waals surface area contributed by atoms with E-state index in [1.54, 1.807) is 6.07 Å². The standard InChI is InChI=1S/C11H7Cl2F3N2/c12-8-2-1-7(5-9(8)13)6-18-10(3-4-17-18)11(14,15)16/h1-5H,6H2. The van der Waals surface area contributed by atoms with Gasteiger partial charge in [0.25, 0.3) is 0 Å². The van der Waals surface area contributed by atoms with Gasteiger partial charge in [-0.3, -0.25) is 4.68 Å². The molecule has 0 saturated carbocycles. The van der Waals surface area contributed by atoms with Crippen LogP contribution in [0.5, 0.6) is 0 Å². The summed E-state index contributed by atoms with van der Waals surface area (Å²) in [4.78, 5) is 0. The molecule has 0 radical (unpaired) electrons. The fourth-order valence-corrected chi connectivity index (χ4v) is 1.83. The van der Waals surface area contributed by atoms with Crippen molar-refractivity contribution in [3.05, 3.63) is 51.8 Å². The predicted molar refractivity (Wildman–Crippen MR) is 62.8 cm³/mol. The second-order valence-electron chi connectivity index (χ2n) is 3.62. The van der Waals surface area contributed by atoms with Crippen LogP contribution in [0.3, 0.4) is 0 Å². The molecule has 1 aromatic heterocycles. The Morgan fingerprint density at radius 3 is 2.44 bits per heavy atom. The Bertz CT molecular complexity index is 564. The lowest BCUT2D eigenvalue weighted by molar-refractivity contribution is -0.144. The summed E-state index contributed by atoms with van der Waals surface area (Å²) in [6.45, 7) is -0.0151. The quantitative estimate of drug-likeness (QED) is 0.809. The topological polar surface area (TPSA) is 17.8 Å². The van der Waals surface area contributed by atoms with Crippen molar-refractivity contribution in [2.45, 2.75) is 12.7 Å². The molecule has 0 atom stereocenters. The van der Waals surface area contributed by atoms with Crippen molar-refractivity contribution in [2.75, 3.05) is 0 Å². The van der Waals surface area contributed by atoms with Crippen LogP contribution in [-0.4, -0.2) is 9.78 Å². The minimum atomic E-state index is -4.42. The molecule has 0 unspecified atom stereocenters. The summed E-state index contributed by atoms with van der Waals surface area (Å²) in [7, 11) is 0. The van der Waals surface area contributed by atoms with Gasteiger partial charge in [0, 0.05) is 6.20 Å². The van der Waals surface area contributed by atoms with Gasteiger partial charge in [-0.05, 0) is 23.8 Å². The van der Waals surface area contributed by atoms with Crippen LogP contribution < -0.4 is 0 Å². The Morgan fingerprint density at radius 2 is 1.83 bits per heavy atom. The lowest BCUT2D eigenvalue weighted by Gasteiger charge is -2.10. The largest absolute Gasteiger partial charge is 0.433 e. The number of benzene rings is 1. The Morgan fingerprint density at radius 1 is 1.11 bits per heavy atom. The van der Waals surface area contributed by atoms with Gasteiger partial charge in [0.2, 0.25) is 0 Å². The smallest absolute Gasteiger partial charge is 0.256 e. The molecule has 2 aromatic rings. The molecular weight excluding hydrogens is 288 g/mol. The SMILES string of the molecule is FC(F)(F)c1ccnn1Cc1ccc(Cl)c(Cl)c1. The minimum absolute atomic E-state index is 0.0151. The van der Waals surface area contributed by atoms with Crippen LogP contribution in [0.1, 0.15) is 11.3 Å². The third-order valence-corrected chi connectivity index (χ3v) is 3.06. The van der Waals surface area contributed by atoms with E-state index in [1.165, 1.54) is 12.1 Å². The van der Waals surface area contributed by atoms with Gasteiger partial charge in [0.15, 0.2) is 0 Å². The van der Waals surface area contributed by atoms with E-state index in [2.05, 4.69) is 5.10 Å². The van der Waals surface area contributed by atoms with E-state index in [4.69, 9.17) is 23.2 Å². The molecule has 0 saturated heterocycles. The lowest BCUT2D eigenvalue weighted by Crippen LogP contribution is -2.15. The Labute approximate surface area is 111 Å². The first-order valence-electron chi connectivity index (χ1n) is 4.91. The zero-order chi connectivity index (χ0) is 13.3. The van der Waals surface area contributed by atoms with E-state index in [0.717, 1.165) is 16.9 Å². The van der Waals surface area contributed by atoms with Crippen LogP contribution in [0.4, 0.5) is 13.2 Å². The molecule has 0 fully saturated rings. The number of nitrogens with zero attached hydrogens (tertiary/aromatic N) is 2. The average molecular weight is 295 g/mol. The second-order valence-corrected chi connectivity index (χ2v) is 4.43. The zero-order valence-electron chi connectivity index (χ0n) is 8.88. The van der Waals surface area contributed by atoms with E-state index in [0.29, 0.717) is 15.6 Å². The molecule has 2 rings (SSSR count). The van der Waals surface area contributed by atoms with Gasteiger partial charge in [-0.25, -0.2) is 0 Å². The molecular formula is C11H7Cl2F3N2. The summed E-state index contributed by atoms with van der Waals surface area (Å²) < 4.78 is 38.7. The van der Waals surface area contributed by atoms with Crippen LogP contribution in [0.25, 0.3) is 0 Å². The van der Waals surface area contributed by atoms with Crippen LogP contribution >= 0.6 is 23.2 Å². The normalized spacial score (nSPS) is 11.8. The fraction of sp³-hybridized carbons (Fsp3) is 0.182. The molecule has 0 aliphatic rings. The molecule has 7 heteroatoms. The second kappa shape index (κ2) is 4.82. The minimum Gasteiger partial charge on any atom is -0.256 e. The number of hydrogen-bond donors (Lipinski definition) is 0. The van der Waals surface area contributed by atoms with Gasteiger partial charge in [-0.2, -0.15) is 18.3 Å². The Balaban J connectivity index is 2.29. The van der Waals surface area contributed by atoms with Gasteiger partial charge >= 0.3 is 6.18 Å². The highest BCUT2D eigenvalue weighted by Crippen LogP contribution is 2.29. The predicted octanol–water partition coefficient (Wildman–Crippen LogP) is 4.26. The van der Waals surface area contributed by atoms with Crippen LogP contribution in [0.15, 0.2) is 30.5 Å². The molecule has 0 aliphatic heterocycles. The highest BCUT2D eigenvalue weighted by molar-refractivity contribution is 6.42. The van der Waals surface area contributed by atoms with Crippen molar-refractivity contribution in [2.24, 2.45) is 0 Å². The molecule has 0 spiro atoms. The van der Waals surface area contributed by atoms with Crippen molar-refractivity contribution in [3.63, 3.8) is 0 Å². The molecule has 0 N–H and O–H groups in total. The summed E-state index contributed by atoms with van der Waals surface area (Å²) in [6.07, 6.45) is -3.31. The van der Waals surface area contributed by atoms with Crippen LogP contribution in [0, 0.1) is 0 Å². The van der Waals surface area contributed by atoms with Gasteiger partial charge in [0.1, 0.15) is 5.69 Å². The molecule has 18 heavy (non-hydrogen) atoms. The van der Waals surface area contributed by atoms with E-state index in [9.17, 15) is 13.2 Å². The maximum absolute atomic E-state index is 12.6. The fourth-order valence-electron chi connectivity index (χ4n) is 1.51. The third kappa shape index (κ3) is 2.79. The van der Waals surface area contributed by atoms with Crippen LogP contribution in [0.2, 0.25) is 10.0 Å².